The molecule has 0 N–H and O–H groups in total. The Labute approximate surface area is 155 Å². The van der Waals surface area contributed by atoms with Crippen molar-refractivity contribution >= 4 is 39.1 Å². The molecule has 0 bridgehead atoms. The first kappa shape index (κ1) is 20.3. The molecule has 0 atom stereocenters. The predicted octanol–water partition coefficient (Wildman–Crippen LogP) is 1.78. The Morgan fingerprint density at radius 2 is 1.96 bits per heavy atom. The van der Waals surface area contributed by atoms with Crippen molar-refractivity contribution in [3.63, 3.8) is 0 Å². The number of carbonyl (C=O) groups is 2. The fourth-order valence-corrected chi connectivity index (χ4v) is 4.24. The molecule has 1 aromatic carbocycles. The van der Waals surface area contributed by atoms with E-state index in [4.69, 9.17) is 16.3 Å². The SMILES string of the molecule is CC(=O)COC(=O)C1CCN(S(=O)(=O)c2ccc(Cl)c([N+](=O)[O-])c2)CC1. The average Bonchev–Trinajstić information content (AvgIpc) is 2.59. The largest absolute Gasteiger partial charge is 0.457 e. The van der Waals surface area contributed by atoms with Crippen LogP contribution in [0.1, 0.15) is 19.8 Å². The second-order valence-corrected chi connectivity index (χ2v) is 8.20. The first-order valence-corrected chi connectivity index (χ1v) is 9.55. The highest BCUT2D eigenvalue weighted by Crippen LogP contribution is 2.30. The molecule has 9 nitrogen and oxygen atoms in total. The molecule has 1 aliphatic rings. The maximum atomic E-state index is 12.7. The van der Waals surface area contributed by atoms with Gasteiger partial charge in [0.15, 0.2) is 5.78 Å². The normalized spacial score (nSPS) is 16.2. The predicted molar refractivity (Wildman–Crippen MR) is 91.2 cm³/mol. The number of ether oxygens (including phenoxy) is 1. The van der Waals surface area contributed by atoms with Gasteiger partial charge in [-0.1, -0.05) is 11.6 Å². The van der Waals surface area contributed by atoms with Crippen LogP contribution in [0.3, 0.4) is 0 Å². The number of nitro benzene ring substituents is 1. The molecule has 1 saturated heterocycles. The van der Waals surface area contributed by atoms with Crippen molar-refractivity contribution in [3.05, 3.63) is 33.3 Å². The molecular formula is C15H17ClN2O7S. The minimum absolute atomic E-state index is 0.0681. The summed E-state index contributed by atoms with van der Waals surface area (Å²) in [6.07, 6.45) is 0.483. The average molecular weight is 405 g/mol. The van der Waals surface area contributed by atoms with Crippen LogP contribution < -0.4 is 0 Å². The van der Waals surface area contributed by atoms with Gasteiger partial charge < -0.3 is 4.74 Å². The molecular weight excluding hydrogens is 388 g/mol. The number of hydrogen-bond acceptors (Lipinski definition) is 7. The molecule has 142 valence electrons. The maximum Gasteiger partial charge on any atom is 0.309 e. The topological polar surface area (TPSA) is 124 Å². The van der Waals surface area contributed by atoms with E-state index in [9.17, 15) is 28.1 Å². The molecule has 0 spiro atoms. The summed E-state index contributed by atoms with van der Waals surface area (Å²) >= 11 is 5.71. The number of halogens is 1. The Bertz CT molecular complexity index is 832. The number of rotatable bonds is 6. The van der Waals surface area contributed by atoms with Gasteiger partial charge in [-0.25, -0.2) is 8.42 Å². The first-order valence-electron chi connectivity index (χ1n) is 7.73. The second-order valence-electron chi connectivity index (χ2n) is 5.86. The molecule has 11 heteroatoms. The van der Waals surface area contributed by atoms with E-state index in [0.29, 0.717) is 0 Å². The van der Waals surface area contributed by atoms with E-state index in [0.717, 1.165) is 10.4 Å². The number of esters is 1. The summed E-state index contributed by atoms with van der Waals surface area (Å²) in [6, 6.07) is 3.29. The zero-order valence-corrected chi connectivity index (χ0v) is 15.5. The van der Waals surface area contributed by atoms with Crippen LogP contribution in [0.15, 0.2) is 23.1 Å². The van der Waals surface area contributed by atoms with Crippen molar-refractivity contribution in [2.75, 3.05) is 19.7 Å². The van der Waals surface area contributed by atoms with Crippen LogP contribution in [0.25, 0.3) is 0 Å². The van der Waals surface area contributed by atoms with Gasteiger partial charge in [-0.15, -0.1) is 0 Å². The van der Waals surface area contributed by atoms with Crippen LogP contribution in [0.5, 0.6) is 0 Å². The van der Waals surface area contributed by atoms with Crippen LogP contribution in [0, 0.1) is 16.0 Å². The quantitative estimate of drug-likeness (QED) is 0.402. The fourth-order valence-electron chi connectivity index (χ4n) is 2.56. The van der Waals surface area contributed by atoms with Crippen LogP contribution in [-0.4, -0.2) is 49.1 Å². The lowest BCUT2D eigenvalue weighted by Crippen LogP contribution is -2.40. The molecule has 1 aromatic rings. The molecule has 26 heavy (non-hydrogen) atoms. The molecule has 1 aliphatic heterocycles. The summed E-state index contributed by atoms with van der Waals surface area (Å²) in [5, 5.41) is 10.8. The van der Waals surface area contributed by atoms with Crippen molar-refractivity contribution < 1.29 is 27.7 Å². The van der Waals surface area contributed by atoms with Crippen molar-refractivity contribution in [1.82, 2.24) is 4.31 Å². The third-order valence-electron chi connectivity index (χ3n) is 3.96. The molecule has 0 aromatic heterocycles. The Balaban J connectivity index is 2.08. The summed E-state index contributed by atoms with van der Waals surface area (Å²) in [6.45, 7) is 1.14. The number of sulfonamides is 1. The molecule has 0 aliphatic carbocycles. The summed E-state index contributed by atoms with van der Waals surface area (Å²) in [4.78, 5) is 32.7. The standard InChI is InChI=1S/C15H17ClN2O7S/c1-10(19)9-25-15(20)11-4-6-17(7-5-11)26(23,24)12-2-3-13(16)14(8-12)18(21)22/h2-3,8,11H,4-7,9H2,1H3. The molecule has 2 rings (SSSR count). The maximum absolute atomic E-state index is 12.7. The van der Waals surface area contributed by atoms with Crippen LogP contribution in [-0.2, 0) is 24.3 Å². The van der Waals surface area contributed by atoms with Crippen molar-refractivity contribution in [2.45, 2.75) is 24.7 Å². The first-order chi connectivity index (χ1) is 12.1. The second kappa shape index (κ2) is 8.11. The Morgan fingerprint density at radius 3 is 2.50 bits per heavy atom. The zero-order valence-electron chi connectivity index (χ0n) is 13.9. The lowest BCUT2D eigenvalue weighted by atomic mass is 9.98. The van der Waals surface area contributed by atoms with E-state index in [1.54, 1.807) is 0 Å². The molecule has 0 saturated carbocycles. The van der Waals surface area contributed by atoms with Gasteiger partial charge in [-0.05, 0) is 31.9 Å². The van der Waals surface area contributed by atoms with E-state index >= 15 is 0 Å². The number of nitro groups is 1. The van der Waals surface area contributed by atoms with Gasteiger partial charge >= 0.3 is 5.97 Å². The number of Topliss-reactive ketones (excluding diaryl/α,β-unsaturated/α-hetero) is 1. The highest BCUT2D eigenvalue weighted by atomic mass is 35.5. The molecule has 0 unspecified atom stereocenters. The Hall–Kier alpha value is -2.04. The fraction of sp³-hybridized carbons (Fsp3) is 0.467. The summed E-state index contributed by atoms with van der Waals surface area (Å²) < 4.78 is 31.3. The molecule has 0 amide bonds. The summed E-state index contributed by atoms with van der Waals surface area (Å²) in [7, 11) is -3.95. The minimum atomic E-state index is -3.95. The highest BCUT2D eigenvalue weighted by molar-refractivity contribution is 7.89. The number of nitrogens with zero attached hydrogens (tertiary/aromatic N) is 2. The highest BCUT2D eigenvalue weighted by Gasteiger charge is 2.33. The summed E-state index contributed by atoms with van der Waals surface area (Å²) in [5.41, 5.74) is -0.490. The van der Waals surface area contributed by atoms with E-state index < -0.39 is 32.5 Å². The van der Waals surface area contributed by atoms with Gasteiger partial charge in [0.05, 0.1) is 15.7 Å². The molecule has 0 radical (unpaired) electrons. The number of piperidine rings is 1. The van der Waals surface area contributed by atoms with Gasteiger partial charge in [-0.3, -0.25) is 19.7 Å². The van der Waals surface area contributed by atoms with Crippen molar-refractivity contribution in [2.24, 2.45) is 5.92 Å². The molecule has 1 heterocycles. The number of benzene rings is 1. The van der Waals surface area contributed by atoms with E-state index in [2.05, 4.69) is 0 Å². The van der Waals surface area contributed by atoms with Crippen LogP contribution >= 0.6 is 11.6 Å². The van der Waals surface area contributed by atoms with Gasteiger partial charge in [0.25, 0.3) is 5.69 Å². The van der Waals surface area contributed by atoms with E-state index in [-0.39, 0.29) is 48.2 Å². The van der Waals surface area contributed by atoms with Crippen molar-refractivity contribution in [3.8, 4) is 0 Å². The van der Waals surface area contributed by atoms with E-state index in [1.807, 2.05) is 0 Å². The van der Waals surface area contributed by atoms with Gasteiger partial charge in [0.1, 0.15) is 11.6 Å². The Kier molecular flexibility index (Phi) is 6.32. The molecule has 1 fully saturated rings. The van der Waals surface area contributed by atoms with Crippen LogP contribution in [0.4, 0.5) is 5.69 Å². The van der Waals surface area contributed by atoms with E-state index in [1.165, 1.54) is 19.1 Å². The van der Waals surface area contributed by atoms with Gasteiger partial charge in [-0.2, -0.15) is 4.31 Å². The van der Waals surface area contributed by atoms with Crippen LogP contribution in [0.2, 0.25) is 5.02 Å². The van der Waals surface area contributed by atoms with Gasteiger partial charge in [0.2, 0.25) is 10.0 Å². The minimum Gasteiger partial charge on any atom is -0.457 e. The van der Waals surface area contributed by atoms with Gasteiger partial charge in [0, 0.05) is 19.2 Å². The number of carbonyl (C=O) groups excluding carboxylic acids is 2. The smallest absolute Gasteiger partial charge is 0.309 e. The lowest BCUT2D eigenvalue weighted by Gasteiger charge is -2.30. The zero-order chi connectivity index (χ0) is 19.5. The Morgan fingerprint density at radius 1 is 1.35 bits per heavy atom. The monoisotopic (exact) mass is 404 g/mol. The third kappa shape index (κ3) is 4.57. The van der Waals surface area contributed by atoms with Crippen molar-refractivity contribution in [1.29, 1.82) is 0 Å². The number of hydrogen-bond donors (Lipinski definition) is 0. The number of ketones is 1. The third-order valence-corrected chi connectivity index (χ3v) is 6.17. The lowest BCUT2D eigenvalue weighted by molar-refractivity contribution is -0.384. The summed E-state index contributed by atoms with van der Waals surface area (Å²) in [5.74, 6) is -1.29.